The van der Waals surface area contributed by atoms with Gasteiger partial charge in [-0.1, -0.05) is 49.3 Å². The number of rotatable bonds is 14. The minimum Gasteiger partial charge on any atom is -0.303 e. The third-order valence-corrected chi connectivity index (χ3v) is 6.84. The Labute approximate surface area is 133 Å². The second-order valence-electron chi connectivity index (χ2n) is 4.31. The first kappa shape index (κ1) is 20.0. The van der Waals surface area contributed by atoms with Crippen molar-refractivity contribution in [1.82, 2.24) is 9.80 Å². The average Bonchev–Trinajstić information content (AvgIpc) is 2.45. The fraction of sp³-hybridized carbons (Fsp3) is 1.00. The zero-order valence-corrected chi connectivity index (χ0v) is 15.6. The van der Waals surface area contributed by atoms with Crippen LogP contribution in [-0.2, 0) is 0 Å². The van der Waals surface area contributed by atoms with Crippen LogP contribution >= 0.6 is 33.3 Å². The molecule has 0 aromatic heterocycles. The van der Waals surface area contributed by atoms with E-state index in [2.05, 4.69) is 49.3 Å². The molecule has 0 bridgehead atoms. The maximum Gasteiger partial charge on any atom is 0.0165 e. The van der Waals surface area contributed by atoms with E-state index in [-0.39, 0.29) is 0 Å². The summed E-state index contributed by atoms with van der Waals surface area (Å²) >= 11 is 2.10. The monoisotopic (exact) mass is 324 g/mol. The molecule has 116 valence electrons. The molecule has 0 saturated heterocycles. The molecule has 0 rings (SSSR count). The lowest BCUT2D eigenvalue weighted by molar-refractivity contribution is 0.324. The number of thioether (sulfide) groups is 1. The van der Waals surface area contributed by atoms with Crippen molar-refractivity contribution < 1.29 is 0 Å². The zero-order valence-electron chi connectivity index (χ0n) is 13.2. The predicted molar refractivity (Wildman–Crippen MR) is 97.8 cm³/mol. The Morgan fingerprint density at radius 2 is 1.05 bits per heavy atom. The van der Waals surface area contributed by atoms with E-state index in [0.717, 1.165) is 0 Å². The quantitative estimate of drug-likeness (QED) is 0.353. The minimum atomic E-state index is 1.18. The van der Waals surface area contributed by atoms with Crippen LogP contribution in [0.2, 0.25) is 0 Å². The Hall–Kier alpha value is 0.970. The molecule has 0 amide bonds. The summed E-state index contributed by atoms with van der Waals surface area (Å²) < 4.78 is 0. The molecule has 5 heteroatoms. The van der Waals surface area contributed by atoms with Gasteiger partial charge in [-0.25, -0.2) is 0 Å². The molecular formula is C14H32N2S3. The van der Waals surface area contributed by atoms with Crippen LogP contribution in [0.25, 0.3) is 0 Å². The molecule has 0 aliphatic rings. The van der Waals surface area contributed by atoms with Gasteiger partial charge in [-0.3, -0.25) is 0 Å². The average molecular weight is 325 g/mol. The molecule has 0 aromatic rings. The van der Waals surface area contributed by atoms with E-state index in [0.29, 0.717) is 0 Å². The van der Waals surface area contributed by atoms with E-state index in [1.165, 1.54) is 62.3 Å². The molecule has 0 atom stereocenters. The Morgan fingerprint density at radius 1 is 0.579 bits per heavy atom. The van der Waals surface area contributed by atoms with Crippen molar-refractivity contribution in [1.29, 1.82) is 0 Å². The molecule has 0 spiro atoms. The Kier molecular flexibility index (Phi) is 16.1. The third kappa shape index (κ3) is 12.4. The van der Waals surface area contributed by atoms with E-state index in [1.807, 2.05) is 21.6 Å². The summed E-state index contributed by atoms with van der Waals surface area (Å²) in [6.45, 7) is 16.2. The molecular weight excluding hydrogens is 292 g/mol. The van der Waals surface area contributed by atoms with Gasteiger partial charge in [-0.15, -0.1) is 0 Å². The van der Waals surface area contributed by atoms with Crippen LogP contribution in [0, 0.1) is 0 Å². The third-order valence-electron chi connectivity index (χ3n) is 3.23. The largest absolute Gasteiger partial charge is 0.303 e. The van der Waals surface area contributed by atoms with Gasteiger partial charge in [0.2, 0.25) is 0 Å². The second kappa shape index (κ2) is 15.4. The van der Waals surface area contributed by atoms with Crippen LogP contribution in [-0.4, -0.2) is 72.1 Å². The zero-order chi connectivity index (χ0) is 14.3. The summed E-state index contributed by atoms with van der Waals surface area (Å²) in [7, 11) is 4.08. The number of hydrogen-bond acceptors (Lipinski definition) is 5. The summed E-state index contributed by atoms with van der Waals surface area (Å²) in [6.07, 6.45) is 0. The highest BCUT2D eigenvalue weighted by Crippen LogP contribution is 2.22. The molecule has 0 fully saturated rings. The van der Waals surface area contributed by atoms with E-state index < -0.39 is 0 Å². The van der Waals surface area contributed by atoms with Gasteiger partial charge >= 0.3 is 0 Å². The van der Waals surface area contributed by atoms with E-state index in [1.54, 1.807) is 0 Å². The van der Waals surface area contributed by atoms with Crippen molar-refractivity contribution in [2.75, 3.05) is 62.3 Å². The molecule has 0 aliphatic carbocycles. The molecule has 0 heterocycles. The van der Waals surface area contributed by atoms with Gasteiger partial charge in [-0.2, -0.15) is 11.8 Å². The highest BCUT2D eigenvalue weighted by atomic mass is 33.1. The van der Waals surface area contributed by atoms with Crippen molar-refractivity contribution in [2.24, 2.45) is 0 Å². The summed E-state index contributed by atoms with van der Waals surface area (Å²) in [5, 5.41) is 0. The van der Waals surface area contributed by atoms with Gasteiger partial charge in [-0.05, 0) is 26.2 Å². The van der Waals surface area contributed by atoms with Crippen molar-refractivity contribution in [3.05, 3.63) is 0 Å². The maximum absolute atomic E-state index is 2.50. The predicted octanol–water partition coefficient (Wildman–Crippen LogP) is 3.78. The van der Waals surface area contributed by atoms with Gasteiger partial charge < -0.3 is 9.80 Å². The van der Waals surface area contributed by atoms with Crippen LogP contribution in [0.5, 0.6) is 0 Å². The Morgan fingerprint density at radius 3 is 1.58 bits per heavy atom. The first-order valence-electron chi connectivity index (χ1n) is 7.55. The second-order valence-corrected chi connectivity index (χ2v) is 8.24. The summed E-state index contributed by atoms with van der Waals surface area (Å²) in [4.78, 5) is 4.99. The van der Waals surface area contributed by atoms with E-state index >= 15 is 0 Å². The van der Waals surface area contributed by atoms with Crippen LogP contribution in [0.1, 0.15) is 27.7 Å². The molecule has 0 aliphatic heterocycles. The molecule has 0 aromatic carbocycles. The molecule has 19 heavy (non-hydrogen) atoms. The highest BCUT2D eigenvalue weighted by Gasteiger charge is 2.00. The van der Waals surface area contributed by atoms with Crippen molar-refractivity contribution in [3.63, 3.8) is 0 Å². The van der Waals surface area contributed by atoms with Gasteiger partial charge in [0.1, 0.15) is 0 Å². The van der Waals surface area contributed by atoms with Gasteiger partial charge in [0.05, 0.1) is 0 Å². The molecule has 0 radical (unpaired) electrons. The van der Waals surface area contributed by atoms with Crippen LogP contribution in [0.15, 0.2) is 0 Å². The van der Waals surface area contributed by atoms with Crippen molar-refractivity contribution in [3.8, 4) is 0 Å². The molecule has 2 nitrogen and oxygen atoms in total. The lowest BCUT2D eigenvalue weighted by Gasteiger charge is -2.17. The van der Waals surface area contributed by atoms with Crippen LogP contribution in [0.3, 0.4) is 0 Å². The maximum atomic E-state index is 2.50. The molecule has 0 saturated carbocycles. The SMILES string of the molecule is CCN(CC)CCSCCSSCCN(CC)CC. The molecule has 0 unspecified atom stereocenters. The first-order chi connectivity index (χ1) is 9.28. The normalized spacial score (nSPS) is 11.7. The topological polar surface area (TPSA) is 6.48 Å². The number of hydrogen-bond donors (Lipinski definition) is 0. The first-order valence-corrected chi connectivity index (χ1v) is 11.2. The van der Waals surface area contributed by atoms with Crippen LogP contribution in [0.4, 0.5) is 0 Å². The number of nitrogens with zero attached hydrogens (tertiary/aromatic N) is 2. The fourth-order valence-corrected chi connectivity index (χ4v) is 5.20. The molecule has 0 N–H and O–H groups in total. The highest BCUT2D eigenvalue weighted by molar-refractivity contribution is 8.76. The summed E-state index contributed by atoms with van der Waals surface area (Å²) in [5.41, 5.74) is 0. The van der Waals surface area contributed by atoms with E-state index in [4.69, 9.17) is 0 Å². The Bertz CT molecular complexity index is 156. The fourth-order valence-electron chi connectivity index (χ4n) is 1.75. The standard InChI is InChI=1S/C14H32N2S3/c1-5-15(6-2)9-11-17-13-14-19-18-12-10-16(7-3)8-4/h5-14H2,1-4H3. The van der Waals surface area contributed by atoms with Gasteiger partial charge in [0, 0.05) is 36.1 Å². The van der Waals surface area contributed by atoms with E-state index in [9.17, 15) is 0 Å². The van der Waals surface area contributed by atoms with Crippen molar-refractivity contribution >= 4 is 33.3 Å². The lowest BCUT2D eigenvalue weighted by atomic mass is 10.5. The summed E-state index contributed by atoms with van der Waals surface area (Å²) in [6, 6.07) is 0. The minimum absolute atomic E-state index is 1.18. The van der Waals surface area contributed by atoms with Crippen LogP contribution < -0.4 is 0 Å². The van der Waals surface area contributed by atoms with Crippen molar-refractivity contribution in [2.45, 2.75) is 27.7 Å². The van der Waals surface area contributed by atoms with Gasteiger partial charge in [0.25, 0.3) is 0 Å². The lowest BCUT2D eigenvalue weighted by Crippen LogP contribution is -2.25. The summed E-state index contributed by atoms with van der Waals surface area (Å²) in [5.74, 6) is 5.12. The van der Waals surface area contributed by atoms with Gasteiger partial charge in [0.15, 0.2) is 0 Å². The Balaban J connectivity index is 3.19. The smallest absolute Gasteiger partial charge is 0.0165 e.